The first-order valence-electron chi connectivity index (χ1n) is 7.90. The molecule has 22 heavy (non-hydrogen) atoms. The molecule has 0 aromatic heterocycles. The highest BCUT2D eigenvalue weighted by Gasteiger charge is 2.17. The van der Waals surface area contributed by atoms with Gasteiger partial charge >= 0.3 is 0 Å². The molecule has 0 aliphatic carbocycles. The molecule has 0 amide bonds. The lowest BCUT2D eigenvalue weighted by Gasteiger charge is -2.31. The Bertz CT molecular complexity index is 668. The summed E-state index contributed by atoms with van der Waals surface area (Å²) in [7, 11) is 1.72. The van der Waals surface area contributed by atoms with Gasteiger partial charge in [-0.3, -0.25) is 0 Å². The quantitative estimate of drug-likeness (QED) is 0.798. The Hall–Kier alpha value is -1.67. The zero-order valence-corrected chi connectivity index (χ0v) is 14.0. The molecular formula is C19H22ClNO. The van der Waals surface area contributed by atoms with Gasteiger partial charge in [-0.15, -0.1) is 0 Å². The first kappa shape index (κ1) is 15.2. The summed E-state index contributed by atoms with van der Waals surface area (Å²) >= 11 is 6.42. The molecule has 0 N–H and O–H groups in total. The Kier molecular flexibility index (Phi) is 4.58. The van der Waals surface area contributed by atoms with Gasteiger partial charge in [-0.05, 0) is 53.8 Å². The number of aryl methyl sites for hydroxylation is 1. The fourth-order valence-corrected chi connectivity index (χ4v) is 3.35. The van der Waals surface area contributed by atoms with Crippen molar-refractivity contribution in [3.8, 4) is 5.75 Å². The van der Waals surface area contributed by atoms with E-state index in [1.165, 1.54) is 22.4 Å². The number of methoxy groups -OCH3 is 1. The Morgan fingerprint density at radius 1 is 1.14 bits per heavy atom. The average Bonchev–Trinajstić information content (AvgIpc) is 2.56. The molecule has 2 aromatic carbocycles. The molecule has 0 spiro atoms. The second kappa shape index (κ2) is 6.62. The SMILES string of the molecule is CCCc1ccc(N2CCc3cc(OC)ccc3C2)cc1Cl. The highest BCUT2D eigenvalue weighted by molar-refractivity contribution is 6.31. The van der Waals surface area contributed by atoms with Crippen LogP contribution in [0.4, 0.5) is 5.69 Å². The van der Waals surface area contributed by atoms with Crippen molar-refractivity contribution < 1.29 is 4.74 Å². The maximum Gasteiger partial charge on any atom is 0.119 e. The minimum atomic E-state index is 0.889. The van der Waals surface area contributed by atoms with Crippen LogP contribution >= 0.6 is 11.6 Å². The van der Waals surface area contributed by atoms with Gasteiger partial charge in [0, 0.05) is 23.8 Å². The zero-order chi connectivity index (χ0) is 15.5. The Labute approximate surface area is 137 Å². The van der Waals surface area contributed by atoms with Crippen LogP contribution in [0.2, 0.25) is 5.02 Å². The van der Waals surface area contributed by atoms with Crippen LogP contribution in [-0.2, 0) is 19.4 Å². The molecule has 3 rings (SSSR count). The van der Waals surface area contributed by atoms with Crippen LogP contribution in [0.15, 0.2) is 36.4 Å². The van der Waals surface area contributed by atoms with Crippen molar-refractivity contribution in [2.45, 2.75) is 32.7 Å². The van der Waals surface area contributed by atoms with Gasteiger partial charge in [0.1, 0.15) is 5.75 Å². The summed E-state index contributed by atoms with van der Waals surface area (Å²) in [6.45, 7) is 4.13. The largest absolute Gasteiger partial charge is 0.497 e. The number of benzene rings is 2. The van der Waals surface area contributed by atoms with Crippen LogP contribution < -0.4 is 9.64 Å². The summed E-state index contributed by atoms with van der Waals surface area (Å²) in [6.07, 6.45) is 3.21. The molecule has 0 saturated carbocycles. The third-order valence-corrected chi connectivity index (χ3v) is 4.70. The van der Waals surface area contributed by atoms with Gasteiger partial charge in [-0.1, -0.05) is 37.1 Å². The Balaban J connectivity index is 1.81. The molecule has 1 heterocycles. The summed E-state index contributed by atoms with van der Waals surface area (Å²) in [6, 6.07) is 12.9. The third-order valence-electron chi connectivity index (χ3n) is 4.35. The molecular weight excluding hydrogens is 294 g/mol. The lowest BCUT2D eigenvalue weighted by molar-refractivity contribution is 0.414. The smallest absolute Gasteiger partial charge is 0.119 e. The van der Waals surface area contributed by atoms with Crippen molar-refractivity contribution in [1.82, 2.24) is 0 Å². The fraction of sp³-hybridized carbons (Fsp3) is 0.368. The molecule has 0 fully saturated rings. The van der Waals surface area contributed by atoms with Crippen LogP contribution in [0.3, 0.4) is 0 Å². The molecule has 3 heteroatoms. The lowest BCUT2D eigenvalue weighted by atomic mass is 9.98. The van der Waals surface area contributed by atoms with Crippen molar-refractivity contribution in [3.63, 3.8) is 0 Å². The molecule has 1 aliphatic heterocycles. The molecule has 2 aromatic rings. The molecule has 1 aliphatic rings. The van der Waals surface area contributed by atoms with E-state index in [1.807, 2.05) is 6.07 Å². The van der Waals surface area contributed by atoms with Gasteiger partial charge < -0.3 is 9.64 Å². The van der Waals surface area contributed by atoms with Gasteiger partial charge in [0.25, 0.3) is 0 Å². The second-order valence-electron chi connectivity index (χ2n) is 5.83. The van der Waals surface area contributed by atoms with E-state index < -0.39 is 0 Å². The topological polar surface area (TPSA) is 12.5 Å². The van der Waals surface area contributed by atoms with E-state index in [-0.39, 0.29) is 0 Å². The number of anilines is 1. The monoisotopic (exact) mass is 315 g/mol. The van der Waals surface area contributed by atoms with Crippen molar-refractivity contribution >= 4 is 17.3 Å². The van der Waals surface area contributed by atoms with E-state index in [1.54, 1.807) is 7.11 Å². The first-order valence-corrected chi connectivity index (χ1v) is 8.28. The minimum absolute atomic E-state index is 0.889. The van der Waals surface area contributed by atoms with E-state index in [0.717, 1.165) is 43.1 Å². The van der Waals surface area contributed by atoms with E-state index in [9.17, 15) is 0 Å². The number of ether oxygens (including phenoxy) is 1. The molecule has 0 unspecified atom stereocenters. The Morgan fingerprint density at radius 2 is 2.00 bits per heavy atom. The number of nitrogens with zero attached hydrogens (tertiary/aromatic N) is 1. The number of halogens is 1. The van der Waals surface area contributed by atoms with Crippen molar-refractivity contribution in [1.29, 1.82) is 0 Å². The van der Waals surface area contributed by atoms with Crippen molar-refractivity contribution in [3.05, 3.63) is 58.1 Å². The highest BCUT2D eigenvalue weighted by Crippen LogP contribution is 2.30. The van der Waals surface area contributed by atoms with Crippen molar-refractivity contribution in [2.24, 2.45) is 0 Å². The zero-order valence-electron chi connectivity index (χ0n) is 13.2. The second-order valence-corrected chi connectivity index (χ2v) is 6.24. The number of hydrogen-bond acceptors (Lipinski definition) is 2. The van der Waals surface area contributed by atoms with Crippen LogP contribution in [0.1, 0.15) is 30.0 Å². The van der Waals surface area contributed by atoms with Crippen LogP contribution in [0.5, 0.6) is 5.75 Å². The molecule has 0 saturated heterocycles. The van der Waals surface area contributed by atoms with Crippen molar-refractivity contribution in [2.75, 3.05) is 18.6 Å². The Morgan fingerprint density at radius 3 is 2.73 bits per heavy atom. The average molecular weight is 316 g/mol. The van der Waals surface area contributed by atoms with E-state index in [2.05, 4.69) is 42.2 Å². The van der Waals surface area contributed by atoms with Gasteiger partial charge in [0.05, 0.1) is 7.11 Å². The maximum atomic E-state index is 6.42. The van der Waals surface area contributed by atoms with Gasteiger partial charge in [0.15, 0.2) is 0 Å². The van der Waals surface area contributed by atoms with E-state index in [0.29, 0.717) is 0 Å². The highest BCUT2D eigenvalue weighted by atomic mass is 35.5. The molecule has 0 atom stereocenters. The lowest BCUT2D eigenvalue weighted by Crippen LogP contribution is -2.30. The predicted octanol–water partition coefficient (Wildman–Crippen LogP) is 4.86. The number of rotatable bonds is 4. The van der Waals surface area contributed by atoms with Crippen LogP contribution in [-0.4, -0.2) is 13.7 Å². The normalized spacial score (nSPS) is 13.9. The molecule has 0 radical (unpaired) electrons. The van der Waals surface area contributed by atoms with Crippen LogP contribution in [0, 0.1) is 0 Å². The summed E-state index contributed by atoms with van der Waals surface area (Å²) in [5, 5.41) is 0.889. The number of hydrogen-bond donors (Lipinski definition) is 0. The maximum absolute atomic E-state index is 6.42. The third kappa shape index (κ3) is 3.07. The predicted molar refractivity (Wildman–Crippen MR) is 93.2 cm³/mol. The minimum Gasteiger partial charge on any atom is -0.497 e. The summed E-state index contributed by atoms with van der Waals surface area (Å²) in [4.78, 5) is 2.40. The fourth-order valence-electron chi connectivity index (χ4n) is 3.08. The van der Waals surface area contributed by atoms with Crippen LogP contribution in [0.25, 0.3) is 0 Å². The molecule has 0 bridgehead atoms. The molecule has 2 nitrogen and oxygen atoms in total. The van der Waals surface area contributed by atoms with E-state index in [4.69, 9.17) is 16.3 Å². The number of fused-ring (bicyclic) bond motifs is 1. The molecule has 116 valence electrons. The van der Waals surface area contributed by atoms with Gasteiger partial charge in [-0.2, -0.15) is 0 Å². The standard InChI is InChI=1S/C19H22ClNO/c1-3-4-14-5-7-17(12-19(14)20)21-10-9-15-11-18(22-2)8-6-16(15)13-21/h5-8,11-12H,3-4,9-10,13H2,1-2H3. The summed E-state index contributed by atoms with van der Waals surface area (Å²) < 4.78 is 5.31. The first-order chi connectivity index (χ1) is 10.7. The van der Waals surface area contributed by atoms with Gasteiger partial charge in [0.2, 0.25) is 0 Å². The summed E-state index contributed by atoms with van der Waals surface area (Å²) in [5.74, 6) is 0.944. The van der Waals surface area contributed by atoms with E-state index >= 15 is 0 Å². The van der Waals surface area contributed by atoms with Gasteiger partial charge in [-0.25, -0.2) is 0 Å². The summed E-state index contributed by atoms with van der Waals surface area (Å²) in [5.41, 5.74) is 5.23.